The average molecular weight is 231 g/mol. The van der Waals surface area contributed by atoms with Crippen LogP contribution in [0.1, 0.15) is 33.6 Å². The maximum absolute atomic E-state index is 11.3. The molecule has 16 heavy (non-hydrogen) atoms. The lowest BCUT2D eigenvalue weighted by Gasteiger charge is -2.31. The molecule has 0 aliphatic carbocycles. The second kappa shape index (κ2) is 7.63. The molecule has 0 rings (SSSR count). The van der Waals surface area contributed by atoms with Crippen LogP contribution in [0.2, 0.25) is 0 Å². The highest BCUT2D eigenvalue weighted by Crippen LogP contribution is 2.27. The standard InChI is InChI=1S/C12H25NO3/c1-5-12(6-2,11(14)15)10-13(4)8-9-16-7-3/h5-10H2,1-4H3,(H,14,15). The van der Waals surface area contributed by atoms with E-state index in [0.717, 1.165) is 6.54 Å². The molecule has 0 atom stereocenters. The van der Waals surface area contributed by atoms with E-state index in [2.05, 4.69) is 0 Å². The van der Waals surface area contributed by atoms with Gasteiger partial charge in [0.2, 0.25) is 0 Å². The Bertz CT molecular complexity index is 202. The van der Waals surface area contributed by atoms with Crippen molar-refractivity contribution in [1.82, 2.24) is 4.90 Å². The van der Waals surface area contributed by atoms with Gasteiger partial charge in [0.05, 0.1) is 12.0 Å². The van der Waals surface area contributed by atoms with Gasteiger partial charge in [0.25, 0.3) is 0 Å². The fourth-order valence-corrected chi connectivity index (χ4v) is 1.80. The molecule has 0 fully saturated rings. The van der Waals surface area contributed by atoms with Gasteiger partial charge < -0.3 is 14.7 Å². The van der Waals surface area contributed by atoms with Gasteiger partial charge in [-0.05, 0) is 26.8 Å². The zero-order chi connectivity index (χ0) is 12.6. The van der Waals surface area contributed by atoms with Crippen LogP contribution in [-0.4, -0.2) is 49.3 Å². The first-order valence-corrected chi connectivity index (χ1v) is 6.02. The number of aliphatic carboxylic acids is 1. The molecule has 0 aliphatic rings. The highest BCUT2D eigenvalue weighted by Gasteiger charge is 2.35. The minimum atomic E-state index is -0.694. The monoisotopic (exact) mass is 231 g/mol. The summed E-state index contributed by atoms with van der Waals surface area (Å²) in [6.07, 6.45) is 1.33. The van der Waals surface area contributed by atoms with Gasteiger partial charge in [-0.15, -0.1) is 0 Å². The van der Waals surface area contributed by atoms with E-state index in [1.807, 2.05) is 32.7 Å². The van der Waals surface area contributed by atoms with Gasteiger partial charge in [-0.25, -0.2) is 0 Å². The van der Waals surface area contributed by atoms with Crippen molar-refractivity contribution in [3.8, 4) is 0 Å². The Morgan fingerprint density at radius 3 is 2.25 bits per heavy atom. The van der Waals surface area contributed by atoms with E-state index in [1.165, 1.54) is 0 Å². The molecule has 0 aromatic carbocycles. The van der Waals surface area contributed by atoms with E-state index in [1.54, 1.807) is 0 Å². The van der Waals surface area contributed by atoms with Crippen molar-refractivity contribution >= 4 is 5.97 Å². The molecule has 0 spiro atoms. The molecule has 0 amide bonds. The number of ether oxygens (including phenoxy) is 1. The summed E-state index contributed by atoms with van der Waals surface area (Å²) in [5.74, 6) is -0.694. The summed E-state index contributed by atoms with van der Waals surface area (Å²) in [4.78, 5) is 13.3. The number of hydrogen-bond acceptors (Lipinski definition) is 3. The number of carbonyl (C=O) groups is 1. The molecule has 0 heterocycles. The predicted molar refractivity (Wildman–Crippen MR) is 64.6 cm³/mol. The van der Waals surface area contributed by atoms with Crippen molar-refractivity contribution in [1.29, 1.82) is 0 Å². The summed E-state index contributed by atoms with van der Waals surface area (Å²) in [5.41, 5.74) is -0.610. The van der Waals surface area contributed by atoms with Gasteiger partial charge in [-0.1, -0.05) is 13.8 Å². The molecule has 0 aromatic heterocycles. The topological polar surface area (TPSA) is 49.8 Å². The Balaban J connectivity index is 4.23. The highest BCUT2D eigenvalue weighted by atomic mass is 16.5. The molecule has 0 radical (unpaired) electrons. The molecular formula is C12H25NO3. The normalized spacial score (nSPS) is 12.1. The van der Waals surface area contributed by atoms with Crippen molar-refractivity contribution in [2.45, 2.75) is 33.6 Å². The molecule has 4 heteroatoms. The first-order chi connectivity index (χ1) is 7.52. The molecule has 1 N–H and O–H groups in total. The van der Waals surface area contributed by atoms with E-state index in [-0.39, 0.29) is 0 Å². The van der Waals surface area contributed by atoms with E-state index in [4.69, 9.17) is 4.74 Å². The van der Waals surface area contributed by atoms with E-state index >= 15 is 0 Å². The zero-order valence-electron chi connectivity index (χ0n) is 11.0. The Morgan fingerprint density at radius 2 is 1.88 bits per heavy atom. The van der Waals surface area contributed by atoms with Crippen LogP contribution < -0.4 is 0 Å². The Kier molecular flexibility index (Phi) is 7.34. The molecule has 0 aromatic rings. The number of carboxylic acid groups (broad SMARTS) is 1. The van der Waals surface area contributed by atoms with Crippen molar-refractivity contribution in [2.75, 3.05) is 33.4 Å². The molecule has 96 valence electrons. The minimum absolute atomic E-state index is 0.586. The summed E-state index contributed by atoms with van der Waals surface area (Å²) < 4.78 is 5.26. The minimum Gasteiger partial charge on any atom is -0.481 e. The number of carboxylic acids is 1. The second-order valence-corrected chi connectivity index (χ2v) is 4.23. The van der Waals surface area contributed by atoms with Crippen LogP contribution >= 0.6 is 0 Å². The van der Waals surface area contributed by atoms with Crippen molar-refractivity contribution in [3.05, 3.63) is 0 Å². The number of rotatable bonds is 9. The summed E-state index contributed by atoms with van der Waals surface area (Å²) in [6.45, 7) is 8.57. The summed E-state index contributed by atoms with van der Waals surface area (Å²) in [6, 6.07) is 0. The van der Waals surface area contributed by atoms with Gasteiger partial charge in [0.15, 0.2) is 0 Å². The fourth-order valence-electron chi connectivity index (χ4n) is 1.80. The Morgan fingerprint density at radius 1 is 1.31 bits per heavy atom. The lowest BCUT2D eigenvalue weighted by atomic mass is 9.82. The molecule has 4 nitrogen and oxygen atoms in total. The first kappa shape index (κ1) is 15.4. The third kappa shape index (κ3) is 4.49. The zero-order valence-corrected chi connectivity index (χ0v) is 11.0. The molecule has 0 unspecified atom stereocenters. The van der Waals surface area contributed by atoms with Crippen molar-refractivity contribution in [2.24, 2.45) is 5.41 Å². The van der Waals surface area contributed by atoms with E-state index < -0.39 is 11.4 Å². The summed E-state index contributed by atoms with van der Waals surface area (Å²) in [5, 5.41) is 9.29. The Labute approximate surface area is 98.6 Å². The second-order valence-electron chi connectivity index (χ2n) is 4.23. The average Bonchev–Trinajstić information content (AvgIpc) is 2.26. The van der Waals surface area contributed by atoms with Gasteiger partial charge in [0.1, 0.15) is 0 Å². The predicted octanol–water partition coefficient (Wildman–Crippen LogP) is 1.85. The maximum Gasteiger partial charge on any atom is 0.310 e. The van der Waals surface area contributed by atoms with Crippen LogP contribution in [0.5, 0.6) is 0 Å². The Hall–Kier alpha value is -0.610. The van der Waals surface area contributed by atoms with Gasteiger partial charge in [-0.3, -0.25) is 4.79 Å². The van der Waals surface area contributed by atoms with Crippen LogP contribution in [-0.2, 0) is 9.53 Å². The number of likely N-dealkylation sites (N-methyl/N-ethyl adjacent to an activating group) is 1. The van der Waals surface area contributed by atoms with Crippen LogP contribution in [0.15, 0.2) is 0 Å². The quantitative estimate of drug-likeness (QED) is 0.615. The third-order valence-corrected chi connectivity index (χ3v) is 3.20. The van der Waals surface area contributed by atoms with Crippen molar-refractivity contribution in [3.63, 3.8) is 0 Å². The molecule has 0 saturated heterocycles. The van der Waals surface area contributed by atoms with Gasteiger partial charge in [-0.2, -0.15) is 0 Å². The number of hydrogen-bond donors (Lipinski definition) is 1. The SMILES string of the molecule is CCOCCN(C)CC(CC)(CC)C(=O)O. The van der Waals surface area contributed by atoms with Crippen LogP contribution in [0.25, 0.3) is 0 Å². The largest absolute Gasteiger partial charge is 0.481 e. The maximum atomic E-state index is 11.3. The van der Waals surface area contributed by atoms with Crippen molar-refractivity contribution < 1.29 is 14.6 Å². The van der Waals surface area contributed by atoms with Crippen LogP contribution in [0.4, 0.5) is 0 Å². The van der Waals surface area contributed by atoms with Crippen LogP contribution in [0.3, 0.4) is 0 Å². The molecule has 0 saturated carbocycles. The fraction of sp³-hybridized carbons (Fsp3) is 0.917. The molecular weight excluding hydrogens is 206 g/mol. The van der Waals surface area contributed by atoms with Gasteiger partial charge in [0, 0.05) is 19.7 Å². The molecule has 0 bridgehead atoms. The lowest BCUT2D eigenvalue weighted by Crippen LogP contribution is -2.42. The summed E-state index contributed by atoms with van der Waals surface area (Å²) in [7, 11) is 1.95. The smallest absolute Gasteiger partial charge is 0.310 e. The van der Waals surface area contributed by atoms with Gasteiger partial charge >= 0.3 is 5.97 Å². The number of nitrogens with zero attached hydrogens (tertiary/aromatic N) is 1. The van der Waals surface area contributed by atoms with Crippen LogP contribution in [0, 0.1) is 5.41 Å². The van der Waals surface area contributed by atoms with E-state index in [9.17, 15) is 9.90 Å². The summed E-state index contributed by atoms with van der Waals surface area (Å²) >= 11 is 0. The highest BCUT2D eigenvalue weighted by molar-refractivity contribution is 5.74. The molecule has 0 aliphatic heterocycles. The van der Waals surface area contributed by atoms with E-state index in [0.29, 0.717) is 32.6 Å². The third-order valence-electron chi connectivity index (χ3n) is 3.20. The lowest BCUT2D eigenvalue weighted by molar-refractivity contribution is -0.150. The first-order valence-electron chi connectivity index (χ1n) is 6.02.